The first-order chi connectivity index (χ1) is 10.4. The molecule has 1 heterocycles. The fourth-order valence-electron chi connectivity index (χ4n) is 2.51. The lowest BCUT2D eigenvalue weighted by Gasteiger charge is -2.20. The second-order valence-electron chi connectivity index (χ2n) is 5.08. The van der Waals surface area contributed by atoms with E-state index in [4.69, 9.17) is 0 Å². The van der Waals surface area contributed by atoms with E-state index in [0.29, 0.717) is 15.7 Å². The number of benzene rings is 2. The topological polar surface area (TPSA) is 66.4 Å². The summed E-state index contributed by atoms with van der Waals surface area (Å²) in [7, 11) is 0. The largest absolute Gasteiger partial charge is 0.375 e. The van der Waals surface area contributed by atoms with Gasteiger partial charge in [0.1, 0.15) is 5.82 Å². The van der Waals surface area contributed by atoms with Crippen LogP contribution < -0.4 is 5.32 Å². The number of carbonyl (C=O) groups is 2. The van der Waals surface area contributed by atoms with Crippen LogP contribution in [0, 0.1) is 5.82 Å². The summed E-state index contributed by atoms with van der Waals surface area (Å²) in [5.74, 6) is -2.00. The molecule has 4 nitrogen and oxygen atoms in total. The number of Topliss-reactive ketones (excluding diaryl/α,β-unsaturated/α-hetero) is 1. The Morgan fingerprint density at radius 3 is 2.73 bits per heavy atom. The molecule has 2 aromatic rings. The third-order valence-corrected chi connectivity index (χ3v) is 4.13. The van der Waals surface area contributed by atoms with Crippen LogP contribution >= 0.6 is 15.9 Å². The van der Waals surface area contributed by atoms with Gasteiger partial charge in [0.25, 0.3) is 5.91 Å². The molecule has 0 saturated heterocycles. The number of hydrogen-bond acceptors (Lipinski definition) is 3. The minimum Gasteiger partial charge on any atom is -0.375 e. The van der Waals surface area contributed by atoms with Crippen molar-refractivity contribution in [2.45, 2.75) is 12.0 Å². The monoisotopic (exact) mass is 363 g/mol. The summed E-state index contributed by atoms with van der Waals surface area (Å²) >= 11 is 3.26. The average molecular weight is 364 g/mol. The van der Waals surface area contributed by atoms with Crippen LogP contribution in [0.25, 0.3) is 0 Å². The van der Waals surface area contributed by atoms with Crippen LogP contribution in [-0.2, 0) is 10.4 Å². The Bertz CT molecular complexity index is 793. The van der Waals surface area contributed by atoms with E-state index in [1.165, 1.54) is 18.2 Å². The van der Waals surface area contributed by atoms with Crippen molar-refractivity contribution >= 4 is 33.3 Å². The zero-order valence-electron chi connectivity index (χ0n) is 11.3. The molecule has 1 aliphatic heterocycles. The van der Waals surface area contributed by atoms with Crippen LogP contribution in [0.3, 0.4) is 0 Å². The molecule has 6 heteroatoms. The number of carbonyl (C=O) groups excluding carboxylic acids is 2. The van der Waals surface area contributed by atoms with Crippen LogP contribution in [0.2, 0.25) is 0 Å². The molecule has 1 amide bonds. The number of aliphatic hydroxyl groups is 1. The van der Waals surface area contributed by atoms with Crippen molar-refractivity contribution in [2.24, 2.45) is 0 Å². The molecule has 1 aliphatic rings. The minimum atomic E-state index is -2.00. The third kappa shape index (κ3) is 2.34. The summed E-state index contributed by atoms with van der Waals surface area (Å²) in [5, 5.41) is 13.2. The van der Waals surface area contributed by atoms with Crippen molar-refractivity contribution in [2.75, 3.05) is 5.32 Å². The average Bonchev–Trinajstić information content (AvgIpc) is 2.71. The van der Waals surface area contributed by atoms with Gasteiger partial charge < -0.3 is 10.4 Å². The molecule has 0 radical (unpaired) electrons. The maximum atomic E-state index is 13.7. The Morgan fingerprint density at radius 2 is 2.00 bits per heavy atom. The Morgan fingerprint density at radius 1 is 1.27 bits per heavy atom. The SMILES string of the molecule is O=C(C[C@@]1(O)C(=O)Nc2ccc(Br)cc21)c1ccccc1F. The Kier molecular flexibility index (Phi) is 3.58. The van der Waals surface area contributed by atoms with Gasteiger partial charge in [0.15, 0.2) is 11.4 Å². The van der Waals surface area contributed by atoms with Gasteiger partial charge in [-0.2, -0.15) is 0 Å². The molecule has 0 bridgehead atoms. The molecule has 1 atom stereocenters. The first-order valence-electron chi connectivity index (χ1n) is 6.53. The van der Waals surface area contributed by atoms with Gasteiger partial charge in [-0.05, 0) is 30.3 Å². The van der Waals surface area contributed by atoms with Gasteiger partial charge in [-0.15, -0.1) is 0 Å². The number of fused-ring (bicyclic) bond motifs is 1. The van der Waals surface area contributed by atoms with Gasteiger partial charge in [0.05, 0.1) is 12.0 Å². The molecule has 0 saturated carbocycles. The predicted molar refractivity (Wildman–Crippen MR) is 82.0 cm³/mol. The fourth-order valence-corrected chi connectivity index (χ4v) is 2.87. The highest BCUT2D eigenvalue weighted by molar-refractivity contribution is 9.10. The smallest absolute Gasteiger partial charge is 0.261 e. The first-order valence-corrected chi connectivity index (χ1v) is 7.33. The number of amides is 1. The fraction of sp³-hybridized carbons (Fsp3) is 0.125. The molecule has 0 aromatic heterocycles. The lowest BCUT2D eigenvalue weighted by molar-refractivity contribution is -0.133. The molecule has 0 unspecified atom stereocenters. The summed E-state index contributed by atoms with van der Waals surface area (Å²) < 4.78 is 14.4. The second-order valence-corrected chi connectivity index (χ2v) is 6.00. The van der Waals surface area contributed by atoms with E-state index in [1.54, 1.807) is 18.2 Å². The molecular formula is C16H11BrFNO3. The van der Waals surface area contributed by atoms with Crippen LogP contribution in [0.1, 0.15) is 22.3 Å². The van der Waals surface area contributed by atoms with E-state index >= 15 is 0 Å². The van der Waals surface area contributed by atoms with Gasteiger partial charge >= 0.3 is 0 Å². The molecule has 0 aliphatic carbocycles. The standard InChI is InChI=1S/C16H11BrFNO3/c17-9-5-6-13-11(7-9)16(22,15(21)19-13)8-14(20)10-3-1-2-4-12(10)18/h1-7,22H,8H2,(H,19,21)/t16-/m0/s1. The first kappa shape index (κ1) is 14.9. The summed E-state index contributed by atoms with van der Waals surface area (Å²) in [4.78, 5) is 24.4. The number of hydrogen-bond donors (Lipinski definition) is 2. The molecule has 3 rings (SSSR count). The Hall–Kier alpha value is -2.05. The molecule has 2 N–H and O–H groups in total. The maximum absolute atomic E-state index is 13.7. The molecule has 22 heavy (non-hydrogen) atoms. The normalized spacial score (nSPS) is 19.7. The zero-order chi connectivity index (χ0) is 15.9. The van der Waals surface area contributed by atoms with E-state index in [-0.39, 0.29) is 5.56 Å². The summed E-state index contributed by atoms with van der Waals surface area (Å²) in [5.41, 5.74) is -1.40. The molecule has 0 fully saturated rings. The van der Waals surface area contributed by atoms with Crippen LogP contribution in [0.4, 0.5) is 10.1 Å². The van der Waals surface area contributed by atoms with Crippen LogP contribution in [0.15, 0.2) is 46.9 Å². The van der Waals surface area contributed by atoms with Crippen molar-refractivity contribution in [1.29, 1.82) is 0 Å². The predicted octanol–water partition coefficient (Wildman–Crippen LogP) is 3.00. The Labute approximate surface area is 134 Å². The van der Waals surface area contributed by atoms with E-state index < -0.39 is 29.5 Å². The lowest BCUT2D eigenvalue weighted by Crippen LogP contribution is -2.36. The van der Waals surface area contributed by atoms with Gasteiger partial charge in [-0.25, -0.2) is 4.39 Å². The van der Waals surface area contributed by atoms with Crippen molar-refractivity contribution < 1.29 is 19.1 Å². The number of halogens is 2. The zero-order valence-corrected chi connectivity index (χ0v) is 12.9. The quantitative estimate of drug-likeness (QED) is 0.823. The summed E-state index contributed by atoms with van der Waals surface area (Å²) in [6.45, 7) is 0. The van der Waals surface area contributed by atoms with E-state index in [9.17, 15) is 19.1 Å². The maximum Gasteiger partial charge on any atom is 0.261 e. The van der Waals surface area contributed by atoms with Crippen molar-refractivity contribution in [3.63, 3.8) is 0 Å². The van der Waals surface area contributed by atoms with E-state index in [2.05, 4.69) is 21.2 Å². The molecule has 2 aromatic carbocycles. The highest BCUT2D eigenvalue weighted by Crippen LogP contribution is 2.40. The Balaban J connectivity index is 1.98. The van der Waals surface area contributed by atoms with Crippen molar-refractivity contribution in [1.82, 2.24) is 0 Å². The highest BCUT2D eigenvalue weighted by Gasteiger charge is 2.47. The van der Waals surface area contributed by atoms with Crippen LogP contribution in [-0.4, -0.2) is 16.8 Å². The summed E-state index contributed by atoms with van der Waals surface area (Å²) in [6.07, 6.45) is -0.525. The van der Waals surface area contributed by atoms with Gasteiger partial charge in [-0.1, -0.05) is 28.1 Å². The molecule has 0 spiro atoms. The third-order valence-electron chi connectivity index (χ3n) is 3.64. The minimum absolute atomic E-state index is 0.146. The van der Waals surface area contributed by atoms with Gasteiger partial charge in [0, 0.05) is 15.7 Å². The van der Waals surface area contributed by atoms with Crippen molar-refractivity contribution in [3.05, 3.63) is 63.9 Å². The van der Waals surface area contributed by atoms with Gasteiger partial charge in [-0.3, -0.25) is 9.59 Å². The van der Waals surface area contributed by atoms with E-state index in [0.717, 1.165) is 6.07 Å². The number of nitrogens with one attached hydrogen (secondary N) is 1. The highest BCUT2D eigenvalue weighted by atomic mass is 79.9. The summed E-state index contributed by atoms with van der Waals surface area (Å²) in [6, 6.07) is 10.4. The van der Waals surface area contributed by atoms with Crippen LogP contribution in [0.5, 0.6) is 0 Å². The number of anilines is 1. The number of rotatable bonds is 3. The molecular weight excluding hydrogens is 353 g/mol. The van der Waals surface area contributed by atoms with Crippen molar-refractivity contribution in [3.8, 4) is 0 Å². The second kappa shape index (κ2) is 5.30. The molecule has 112 valence electrons. The lowest BCUT2D eigenvalue weighted by atomic mass is 9.88. The number of ketones is 1. The van der Waals surface area contributed by atoms with Gasteiger partial charge in [0.2, 0.25) is 0 Å². The van der Waals surface area contributed by atoms with E-state index in [1.807, 2.05) is 0 Å².